The van der Waals surface area contributed by atoms with Crippen molar-refractivity contribution < 1.29 is 9.59 Å². The molecule has 0 aliphatic heterocycles. The maximum atomic E-state index is 12.2. The minimum absolute atomic E-state index is 0.0303. The van der Waals surface area contributed by atoms with Crippen LogP contribution in [0, 0.1) is 0 Å². The smallest absolute Gasteiger partial charge is 0.221 e. The number of benzene rings is 1. The highest BCUT2D eigenvalue weighted by molar-refractivity contribution is 8.00. The normalized spacial score (nSPS) is 20.2. The molecule has 2 saturated carbocycles. The second-order valence-electron chi connectivity index (χ2n) is 7.00. The lowest BCUT2D eigenvalue weighted by molar-refractivity contribution is -0.119. The lowest BCUT2D eigenvalue weighted by Crippen LogP contribution is -2.21. The minimum Gasteiger partial charge on any atom is -0.326 e. The highest BCUT2D eigenvalue weighted by atomic mass is 32.2. The molecule has 6 nitrogen and oxygen atoms in total. The predicted octanol–water partition coefficient (Wildman–Crippen LogP) is 3.71. The van der Waals surface area contributed by atoms with E-state index in [4.69, 9.17) is 0 Å². The molecule has 1 aromatic heterocycles. The fourth-order valence-electron chi connectivity index (χ4n) is 3.34. The zero-order valence-corrected chi connectivity index (χ0v) is 15.6. The molecule has 0 spiro atoms. The number of rotatable bonds is 5. The van der Waals surface area contributed by atoms with Crippen molar-refractivity contribution in [2.24, 2.45) is 0 Å². The number of thioether (sulfide) groups is 1. The molecule has 2 aliphatic rings. The average Bonchev–Trinajstić information content (AvgIpc) is 3.37. The zero-order chi connectivity index (χ0) is 18.1. The van der Waals surface area contributed by atoms with Crippen LogP contribution in [-0.4, -0.2) is 31.7 Å². The van der Waals surface area contributed by atoms with Crippen LogP contribution in [0.25, 0.3) is 5.69 Å². The van der Waals surface area contributed by atoms with Gasteiger partial charge >= 0.3 is 0 Å². The van der Waals surface area contributed by atoms with Gasteiger partial charge in [-0.1, -0.05) is 24.2 Å². The maximum Gasteiger partial charge on any atom is 0.221 e. The van der Waals surface area contributed by atoms with E-state index in [0.29, 0.717) is 18.1 Å². The highest BCUT2D eigenvalue weighted by Crippen LogP contribution is 2.42. The molecule has 1 atom stereocenters. The van der Waals surface area contributed by atoms with Crippen molar-refractivity contribution in [1.29, 1.82) is 0 Å². The molecule has 1 amide bonds. The van der Waals surface area contributed by atoms with Crippen molar-refractivity contribution in [1.82, 2.24) is 14.8 Å². The van der Waals surface area contributed by atoms with Crippen molar-refractivity contribution in [3.05, 3.63) is 30.1 Å². The van der Waals surface area contributed by atoms with E-state index in [-0.39, 0.29) is 11.2 Å². The quantitative estimate of drug-likeness (QED) is 0.868. The Bertz CT molecular complexity index is 844. The van der Waals surface area contributed by atoms with Gasteiger partial charge in [-0.05, 0) is 43.9 Å². The van der Waals surface area contributed by atoms with Gasteiger partial charge in [0.1, 0.15) is 11.6 Å². The van der Waals surface area contributed by atoms with E-state index in [0.717, 1.165) is 54.5 Å². The van der Waals surface area contributed by atoms with Gasteiger partial charge in [0.05, 0.1) is 10.9 Å². The summed E-state index contributed by atoms with van der Waals surface area (Å²) in [6.45, 7) is 1.50. The van der Waals surface area contributed by atoms with Crippen LogP contribution in [0.5, 0.6) is 0 Å². The second-order valence-corrected chi connectivity index (χ2v) is 8.17. The van der Waals surface area contributed by atoms with E-state index in [2.05, 4.69) is 20.1 Å². The second kappa shape index (κ2) is 7.23. The number of anilines is 1. The third-order valence-corrected chi connectivity index (χ3v) is 6.03. The molecule has 0 radical (unpaired) electrons. The monoisotopic (exact) mass is 370 g/mol. The Labute approximate surface area is 156 Å². The molecule has 7 heteroatoms. The van der Waals surface area contributed by atoms with Gasteiger partial charge in [0.2, 0.25) is 5.91 Å². The molecule has 2 fully saturated rings. The summed E-state index contributed by atoms with van der Waals surface area (Å²) in [7, 11) is 0. The number of hydrogen-bond acceptors (Lipinski definition) is 5. The summed E-state index contributed by atoms with van der Waals surface area (Å²) in [5.41, 5.74) is 1.67. The number of carbonyl (C=O) groups is 2. The summed E-state index contributed by atoms with van der Waals surface area (Å²) in [5, 5.41) is 12.4. The SMILES string of the molecule is CC(=O)Nc1cccc(-n2c(SC3CCCCC3=O)nnc2C2CC2)c1. The molecule has 4 rings (SSSR count). The number of Topliss-reactive ketones (excluding diaryl/α,β-unsaturated/α-hetero) is 1. The lowest BCUT2D eigenvalue weighted by Gasteiger charge is -2.20. The third-order valence-electron chi connectivity index (χ3n) is 4.77. The van der Waals surface area contributed by atoms with Crippen LogP contribution in [0.3, 0.4) is 0 Å². The largest absolute Gasteiger partial charge is 0.326 e. The van der Waals surface area contributed by atoms with Gasteiger partial charge in [-0.3, -0.25) is 14.2 Å². The van der Waals surface area contributed by atoms with Crippen LogP contribution < -0.4 is 5.32 Å². The van der Waals surface area contributed by atoms with Gasteiger partial charge in [0.15, 0.2) is 5.16 Å². The van der Waals surface area contributed by atoms with Gasteiger partial charge < -0.3 is 5.32 Å². The van der Waals surface area contributed by atoms with Gasteiger partial charge in [-0.2, -0.15) is 0 Å². The molecule has 1 heterocycles. The fraction of sp³-hybridized carbons (Fsp3) is 0.474. The van der Waals surface area contributed by atoms with E-state index >= 15 is 0 Å². The lowest BCUT2D eigenvalue weighted by atomic mass is 9.99. The van der Waals surface area contributed by atoms with Crippen molar-refractivity contribution in [3.63, 3.8) is 0 Å². The zero-order valence-electron chi connectivity index (χ0n) is 14.8. The number of aromatic nitrogens is 3. The van der Waals surface area contributed by atoms with Gasteiger partial charge in [-0.25, -0.2) is 0 Å². The summed E-state index contributed by atoms with van der Waals surface area (Å²) in [5.74, 6) is 1.60. The van der Waals surface area contributed by atoms with Gasteiger partial charge in [-0.15, -0.1) is 10.2 Å². The van der Waals surface area contributed by atoms with Gasteiger partial charge in [0.25, 0.3) is 0 Å². The average molecular weight is 370 g/mol. The summed E-state index contributed by atoms with van der Waals surface area (Å²) in [6.07, 6.45) is 5.90. The van der Waals surface area contributed by atoms with Crippen molar-refractivity contribution in [2.75, 3.05) is 5.32 Å². The molecular formula is C19H22N4O2S. The summed E-state index contributed by atoms with van der Waals surface area (Å²) < 4.78 is 2.07. The Morgan fingerprint density at radius 3 is 2.81 bits per heavy atom. The molecule has 0 saturated heterocycles. The minimum atomic E-state index is -0.101. The number of nitrogens with zero attached hydrogens (tertiary/aromatic N) is 3. The molecular weight excluding hydrogens is 348 g/mol. The van der Waals surface area contributed by atoms with Gasteiger partial charge in [0, 0.05) is 24.9 Å². The van der Waals surface area contributed by atoms with Crippen LogP contribution in [0.15, 0.2) is 29.4 Å². The van der Waals surface area contributed by atoms with Crippen LogP contribution in [-0.2, 0) is 9.59 Å². The van der Waals surface area contributed by atoms with Crippen LogP contribution >= 0.6 is 11.8 Å². The van der Waals surface area contributed by atoms with E-state index < -0.39 is 0 Å². The van der Waals surface area contributed by atoms with Crippen LogP contribution in [0.4, 0.5) is 5.69 Å². The van der Waals surface area contributed by atoms with Crippen molar-refractivity contribution in [3.8, 4) is 5.69 Å². The molecule has 1 unspecified atom stereocenters. The first-order valence-corrected chi connectivity index (χ1v) is 10.0. The highest BCUT2D eigenvalue weighted by Gasteiger charge is 2.33. The van der Waals surface area contributed by atoms with Crippen LogP contribution in [0.1, 0.15) is 57.2 Å². The fourth-order valence-corrected chi connectivity index (χ4v) is 4.52. The van der Waals surface area contributed by atoms with E-state index in [1.165, 1.54) is 18.7 Å². The number of amides is 1. The Hall–Kier alpha value is -2.15. The maximum absolute atomic E-state index is 12.2. The first-order valence-electron chi connectivity index (χ1n) is 9.14. The van der Waals surface area contributed by atoms with Crippen LogP contribution in [0.2, 0.25) is 0 Å². The Morgan fingerprint density at radius 2 is 2.08 bits per heavy atom. The summed E-state index contributed by atoms with van der Waals surface area (Å²) in [6, 6.07) is 7.71. The van der Waals surface area contributed by atoms with Crippen molar-refractivity contribution >= 4 is 29.1 Å². The van der Waals surface area contributed by atoms with E-state index in [9.17, 15) is 9.59 Å². The topological polar surface area (TPSA) is 76.9 Å². The molecule has 1 N–H and O–H groups in total. The number of nitrogens with one attached hydrogen (secondary N) is 1. The Kier molecular flexibility index (Phi) is 4.80. The number of carbonyl (C=O) groups excluding carboxylic acids is 2. The first-order chi connectivity index (χ1) is 12.6. The molecule has 136 valence electrons. The van der Waals surface area contributed by atoms with Crippen molar-refractivity contribution in [2.45, 2.75) is 61.8 Å². The third kappa shape index (κ3) is 3.67. The standard InChI is InChI=1S/C19H22N4O2S/c1-12(24)20-14-5-4-6-15(11-14)23-18(13-9-10-13)21-22-19(23)26-17-8-3-2-7-16(17)25/h4-6,11,13,17H,2-3,7-10H2,1H3,(H,20,24). The number of ketones is 1. The molecule has 2 aromatic rings. The number of hydrogen-bond donors (Lipinski definition) is 1. The summed E-state index contributed by atoms with van der Waals surface area (Å²) >= 11 is 1.53. The predicted molar refractivity (Wildman–Crippen MR) is 101 cm³/mol. The van der Waals surface area contributed by atoms with E-state index in [1.807, 2.05) is 24.3 Å². The van der Waals surface area contributed by atoms with E-state index in [1.54, 1.807) is 0 Å². The molecule has 2 aliphatic carbocycles. The Balaban J connectivity index is 1.68. The molecule has 0 bridgehead atoms. The Morgan fingerprint density at radius 1 is 1.23 bits per heavy atom. The first kappa shape index (κ1) is 17.3. The summed E-state index contributed by atoms with van der Waals surface area (Å²) in [4.78, 5) is 23.6. The molecule has 26 heavy (non-hydrogen) atoms. The molecule has 1 aromatic carbocycles.